The lowest BCUT2D eigenvalue weighted by molar-refractivity contribution is -0.121. The highest BCUT2D eigenvalue weighted by Crippen LogP contribution is 2.18. The number of primary amides is 1. The molecule has 0 spiro atoms. The molecular weight excluding hydrogens is 378 g/mol. The fourth-order valence-electron chi connectivity index (χ4n) is 3.19. The van der Waals surface area contributed by atoms with Gasteiger partial charge in [-0.1, -0.05) is 23.7 Å². The number of nitrogens with one attached hydrogen (secondary N) is 1. The summed E-state index contributed by atoms with van der Waals surface area (Å²) in [6, 6.07) is 7.58. The Morgan fingerprint density at radius 1 is 1.18 bits per heavy atom. The lowest BCUT2D eigenvalue weighted by Gasteiger charge is -2.12. The molecule has 2 aromatic heterocycles. The van der Waals surface area contributed by atoms with Crippen molar-refractivity contribution in [3.8, 4) is 0 Å². The summed E-state index contributed by atoms with van der Waals surface area (Å²) in [5.74, 6) is -0.627. The molecule has 28 heavy (non-hydrogen) atoms. The number of carbonyl (C=O) groups excluding carboxylic acids is 2. The van der Waals surface area contributed by atoms with Crippen molar-refractivity contribution < 1.29 is 9.59 Å². The Balaban J connectivity index is 1.60. The first kappa shape index (κ1) is 19.8. The van der Waals surface area contributed by atoms with Crippen LogP contribution >= 0.6 is 11.6 Å². The largest absolute Gasteiger partial charge is 0.364 e. The van der Waals surface area contributed by atoms with E-state index in [0.29, 0.717) is 30.1 Å². The Morgan fingerprint density at radius 3 is 2.57 bits per heavy atom. The number of rotatable bonds is 7. The van der Waals surface area contributed by atoms with E-state index in [4.69, 9.17) is 17.3 Å². The summed E-state index contributed by atoms with van der Waals surface area (Å²) < 4.78 is 1.74. The van der Waals surface area contributed by atoms with Crippen molar-refractivity contribution in [1.29, 1.82) is 0 Å². The number of benzene rings is 1. The molecule has 0 aliphatic heterocycles. The average molecular weight is 400 g/mol. The van der Waals surface area contributed by atoms with Crippen molar-refractivity contribution in [2.75, 3.05) is 6.54 Å². The predicted molar refractivity (Wildman–Crippen MR) is 107 cm³/mol. The van der Waals surface area contributed by atoms with Gasteiger partial charge >= 0.3 is 0 Å². The van der Waals surface area contributed by atoms with Gasteiger partial charge in [-0.25, -0.2) is 9.97 Å². The molecule has 3 N–H and O–H groups in total. The second-order valence-electron chi connectivity index (χ2n) is 6.64. The minimum absolute atomic E-state index is 0.0173. The Labute approximate surface area is 167 Å². The van der Waals surface area contributed by atoms with Crippen LogP contribution in [0.3, 0.4) is 0 Å². The Hall–Kier alpha value is -2.93. The third-order valence-corrected chi connectivity index (χ3v) is 4.99. The minimum Gasteiger partial charge on any atom is -0.364 e. The second-order valence-corrected chi connectivity index (χ2v) is 7.08. The first-order valence-electron chi connectivity index (χ1n) is 9.01. The zero-order valence-electron chi connectivity index (χ0n) is 15.8. The van der Waals surface area contributed by atoms with E-state index >= 15 is 0 Å². The average Bonchev–Trinajstić information content (AvgIpc) is 3.07. The molecule has 0 radical (unpaired) electrons. The molecule has 0 unspecified atom stereocenters. The molecule has 1 aromatic carbocycles. The third kappa shape index (κ3) is 4.31. The maximum atomic E-state index is 12.2. The number of hydrogen-bond acceptors (Lipinski definition) is 4. The van der Waals surface area contributed by atoms with Crippen LogP contribution in [0.5, 0.6) is 0 Å². The molecule has 146 valence electrons. The fourth-order valence-corrected chi connectivity index (χ4v) is 3.31. The number of carbonyl (C=O) groups is 2. The van der Waals surface area contributed by atoms with E-state index in [1.807, 2.05) is 38.1 Å². The highest BCUT2D eigenvalue weighted by Gasteiger charge is 2.17. The highest BCUT2D eigenvalue weighted by molar-refractivity contribution is 6.30. The molecule has 0 fully saturated rings. The molecule has 8 heteroatoms. The van der Waals surface area contributed by atoms with Crippen LogP contribution in [-0.4, -0.2) is 32.7 Å². The van der Waals surface area contributed by atoms with E-state index in [0.717, 1.165) is 28.9 Å². The highest BCUT2D eigenvalue weighted by atomic mass is 35.5. The first-order chi connectivity index (χ1) is 13.4. The smallest absolute Gasteiger partial charge is 0.271 e. The number of fused-ring (bicyclic) bond motifs is 1. The topological polar surface area (TPSA) is 102 Å². The standard InChI is InChI=1S/C20H22ClN5O2/c1-12-16(13(2)26-11-24-18(19(22)28)20(26)25-12)7-8-17(27)23-10-9-14-3-5-15(21)6-4-14/h3-6,11H,7-10H2,1-2H3,(H2,22,28)(H,23,27). The summed E-state index contributed by atoms with van der Waals surface area (Å²) in [5.41, 5.74) is 9.69. The molecule has 0 bridgehead atoms. The van der Waals surface area contributed by atoms with Gasteiger partial charge in [0.2, 0.25) is 5.91 Å². The summed E-state index contributed by atoms with van der Waals surface area (Å²) in [4.78, 5) is 32.2. The number of aromatic nitrogens is 3. The molecule has 2 amide bonds. The molecule has 0 saturated heterocycles. The number of imidazole rings is 1. The molecule has 2 heterocycles. The van der Waals surface area contributed by atoms with E-state index in [-0.39, 0.29) is 11.6 Å². The van der Waals surface area contributed by atoms with Crippen LogP contribution in [0.25, 0.3) is 5.65 Å². The lowest BCUT2D eigenvalue weighted by atomic mass is 10.1. The van der Waals surface area contributed by atoms with E-state index in [9.17, 15) is 9.59 Å². The SMILES string of the molecule is Cc1nc2c(C(N)=O)ncn2c(C)c1CCC(=O)NCCc1ccc(Cl)cc1. The Kier molecular flexibility index (Phi) is 5.94. The fraction of sp³-hybridized carbons (Fsp3) is 0.300. The normalized spacial score (nSPS) is 11.0. The first-order valence-corrected chi connectivity index (χ1v) is 9.38. The molecule has 3 rings (SSSR count). The number of nitrogens with two attached hydrogens (primary N) is 1. The van der Waals surface area contributed by atoms with Crippen LogP contribution in [0.1, 0.15) is 39.4 Å². The molecule has 0 atom stereocenters. The zero-order valence-corrected chi connectivity index (χ0v) is 16.6. The molecule has 0 aliphatic rings. The lowest BCUT2D eigenvalue weighted by Crippen LogP contribution is -2.26. The van der Waals surface area contributed by atoms with Crippen molar-refractivity contribution >= 4 is 29.1 Å². The van der Waals surface area contributed by atoms with Crippen LogP contribution in [0, 0.1) is 13.8 Å². The van der Waals surface area contributed by atoms with Crippen LogP contribution in [0.15, 0.2) is 30.6 Å². The molecule has 0 aliphatic carbocycles. The second kappa shape index (κ2) is 8.39. The maximum Gasteiger partial charge on any atom is 0.271 e. The summed E-state index contributed by atoms with van der Waals surface area (Å²) in [6.07, 6.45) is 3.19. The van der Waals surface area contributed by atoms with Gasteiger partial charge in [-0.3, -0.25) is 14.0 Å². The van der Waals surface area contributed by atoms with Crippen molar-refractivity contribution in [3.63, 3.8) is 0 Å². The summed E-state index contributed by atoms with van der Waals surface area (Å²) in [6.45, 7) is 4.35. The molecule has 0 saturated carbocycles. The number of nitrogens with zero attached hydrogens (tertiary/aromatic N) is 3. The van der Waals surface area contributed by atoms with Gasteiger partial charge in [-0.05, 0) is 49.9 Å². The summed E-state index contributed by atoms with van der Waals surface area (Å²) in [7, 11) is 0. The summed E-state index contributed by atoms with van der Waals surface area (Å²) >= 11 is 5.87. The van der Waals surface area contributed by atoms with Gasteiger partial charge in [0.05, 0.1) is 0 Å². The Bertz CT molecular complexity index is 1030. The number of hydrogen-bond donors (Lipinski definition) is 2. The van der Waals surface area contributed by atoms with Crippen molar-refractivity contribution in [2.45, 2.75) is 33.1 Å². The van der Waals surface area contributed by atoms with Gasteiger partial charge in [0, 0.05) is 29.4 Å². The van der Waals surface area contributed by atoms with Crippen molar-refractivity contribution in [3.05, 3.63) is 63.8 Å². The minimum atomic E-state index is -0.610. The van der Waals surface area contributed by atoms with Crippen molar-refractivity contribution in [2.24, 2.45) is 5.73 Å². The molecular formula is C20H22ClN5O2. The number of amides is 2. The van der Waals surface area contributed by atoms with Gasteiger partial charge in [0.1, 0.15) is 6.33 Å². The van der Waals surface area contributed by atoms with Crippen LogP contribution in [-0.2, 0) is 17.6 Å². The predicted octanol–water partition coefficient (Wildman–Crippen LogP) is 2.39. The Morgan fingerprint density at radius 2 is 1.89 bits per heavy atom. The van der Waals surface area contributed by atoms with Gasteiger partial charge < -0.3 is 11.1 Å². The van der Waals surface area contributed by atoms with Crippen molar-refractivity contribution in [1.82, 2.24) is 19.7 Å². The number of aryl methyl sites for hydroxylation is 2. The zero-order chi connectivity index (χ0) is 20.3. The summed E-state index contributed by atoms with van der Waals surface area (Å²) in [5, 5.41) is 3.64. The van der Waals surface area contributed by atoms with Crippen LogP contribution in [0.2, 0.25) is 5.02 Å². The number of halogens is 1. The molecule has 7 nitrogen and oxygen atoms in total. The van der Waals surface area contributed by atoms with Gasteiger partial charge in [-0.15, -0.1) is 0 Å². The van der Waals surface area contributed by atoms with Crippen LogP contribution < -0.4 is 11.1 Å². The molecule has 3 aromatic rings. The van der Waals surface area contributed by atoms with Crippen LogP contribution in [0.4, 0.5) is 0 Å². The van der Waals surface area contributed by atoms with Gasteiger partial charge in [-0.2, -0.15) is 0 Å². The van der Waals surface area contributed by atoms with E-state index < -0.39 is 5.91 Å². The third-order valence-electron chi connectivity index (χ3n) is 4.74. The van der Waals surface area contributed by atoms with Gasteiger partial charge in [0.25, 0.3) is 5.91 Å². The maximum absolute atomic E-state index is 12.2. The van der Waals surface area contributed by atoms with E-state index in [1.54, 1.807) is 4.40 Å². The quantitative estimate of drug-likeness (QED) is 0.636. The van der Waals surface area contributed by atoms with Gasteiger partial charge in [0.15, 0.2) is 11.3 Å². The van der Waals surface area contributed by atoms with E-state index in [2.05, 4.69) is 15.3 Å². The van der Waals surface area contributed by atoms with E-state index in [1.165, 1.54) is 6.33 Å². The monoisotopic (exact) mass is 399 g/mol.